The molecule has 0 spiro atoms. The van der Waals surface area contributed by atoms with Crippen LogP contribution in [0.1, 0.15) is 24.5 Å². The molecule has 0 aliphatic carbocycles. The lowest BCUT2D eigenvalue weighted by atomic mass is 9.86. The summed E-state index contributed by atoms with van der Waals surface area (Å²) in [6.45, 7) is 4.93. The minimum Gasteiger partial charge on any atom is -0.508 e. The Morgan fingerprint density at radius 2 is 2.00 bits per heavy atom. The first-order chi connectivity index (χ1) is 16.0. The molecule has 0 saturated carbocycles. The number of halogens is 1. The average Bonchev–Trinajstić information content (AvgIpc) is 2.78. The summed E-state index contributed by atoms with van der Waals surface area (Å²) in [5, 5.41) is 20.1. The Labute approximate surface area is 193 Å². The highest BCUT2D eigenvalue weighted by Crippen LogP contribution is 2.43. The molecule has 0 aromatic heterocycles. The summed E-state index contributed by atoms with van der Waals surface area (Å²) in [4.78, 5) is 6.80. The lowest BCUT2D eigenvalue weighted by Crippen LogP contribution is -2.47. The van der Waals surface area contributed by atoms with Gasteiger partial charge >= 0.3 is 0 Å². The fraction of sp³-hybridized carbons (Fsp3) is 0.346. The average molecular weight is 452 g/mol. The number of alkyl halides is 1. The zero-order valence-electron chi connectivity index (χ0n) is 18.7. The van der Waals surface area contributed by atoms with E-state index in [4.69, 9.17) is 10.5 Å². The summed E-state index contributed by atoms with van der Waals surface area (Å²) in [5.41, 5.74) is 10.1. The zero-order chi connectivity index (χ0) is 23.4. The molecule has 0 amide bonds. The van der Waals surface area contributed by atoms with E-state index in [2.05, 4.69) is 9.89 Å². The van der Waals surface area contributed by atoms with E-state index in [1.165, 1.54) is 6.20 Å². The molecular formula is C26H30FN3O3. The first-order valence-corrected chi connectivity index (χ1v) is 11.2. The van der Waals surface area contributed by atoms with Crippen LogP contribution >= 0.6 is 0 Å². The van der Waals surface area contributed by atoms with Crippen molar-refractivity contribution in [3.8, 4) is 17.2 Å². The van der Waals surface area contributed by atoms with Crippen LogP contribution in [0.2, 0.25) is 0 Å². The van der Waals surface area contributed by atoms with Crippen LogP contribution in [0.4, 0.5) is 4.39 Å². The lowest BCUT2D eigenvalue weighted by molar-refractivity contribution is 0.0807. The van der Waals surface area contributed by atoms with Crippen molar-refractivity contribution >= 4 is 17.4 Å². The molecule has 4 rings (SSSR count). The smallest absolute Gasteiger partial charge is 0.153 e. The second-order valence-electron chi connectivity index (χ2n) is 8.60. The molecule has 6 nitrogen and oxygen atoms in total. The van der Waals surface area contributed by atoms with Crippen LogP contribution in [-0.2, 0) is 0 Å². The fourth-order valence-corrected chi connectivity index (χ4v) is 4.43. The molecule has 2 aromatic carbocycles. The molecule has 2 aromatic rings. The number of allylic oxidation sites excluding steroid dienone is 1. The van der Waals surface area contributed by atoms with E-state index in [0.29, 0.717) is 17.9 Å². The van der Waals surface area contributed by atoms with E-state index in [9.17, 15) is 14.6 Å². The fourth-order valence-electron chi connectivity index (χ4n) is 4.43. The van der Waals surface area contributed by atoms with E-state index in [1.54, 1.807) is 42.6 Å². The zero-order valence-corrected chi connectivity index (χ0v) is 18.7. The Hall–Kier alpha value is -3.32. The number of hydrogen-bond acceptors (Lipinski definition) is 6. The maximum atomic E-state index is 12.6. The molecule has 2 aliphatic rings. The van der Waals surface area contributed by atoms with Crippen LogP contribution in [0.15, 0.2) is 59.2 Å². The number of phenols is 2. The third kappa shape index (κ3) is 5.03. The van der Waals surface area contributed by atoms with Crippen LogP contribution < -0.4 is 10.5 Å². The van der Waals surface area contributed by atoms with Crippen molar-refractivity contribution in [2.75, 3.05) is 32.9 Å². The third-order valence-electron chi connectivity index (χ3n) is 6.18. The predicted molar refractivity (Wildman–Crippen MR) is 129 cm³/mol. The van der Waals surface area contributed by atoms with Gasteiger partial charge in [0.1, 0.15) is 17.2 Å². The SMILES string of the molecule is CC1=C(c2cccc(O)c2)[C@H](C(C=NCCCN2CC(CF)C2)=CN)Oc2ccc(O)cc21. The monoisotopic (exact) mass is 451 g/mol. The highest BCUT2D eigenvalue weighted by molar-refractivity contribution is 6.00. The van der Waals surface area contributed by atoms with Crippen molar-refractivity contribution in [2.45, 2.75) is 19.4 Å². The molecule has 0 unspecified atom stereocenters. The van der Waals surface area contributed by atoms with Crippen molar-refractivity contribution in [2.24, 2.45) is 16.6 Å². The summed E-state index contributed by atoms with van der Waals surface area (Å²) in [6, 6.07) is 12.0. The molecule has 2 aliphatic heterocycles. The van der Waals surface area contributed by atoms with Gasteiger partial charge in [-0.15, -0.1) is 0 Å². The molecule has 4 N–H and O–H groups in total. The lowest BCUT2D eigenvalue weighted by Gasteiger charge is -2.37. The van der Waals surface area contributed by atoms with Gasteiger partial charge in [0, 0.05) is 54.7 Å². The van der Waals surface area contributed by atoms with Crippen molar-refractivity contribution in [3.63, 3.8) is 0 Å². The minimum atomic E-state index is -0.515. The van der Waals surface area contributed by atoms with E-state index >= 15 is 0 Å². The molecule has 0 bridgehead atoms. The van der Waals surface area contributed by atoms with Crippen molar-refractivity contribution in [1.82, 2.24) is 4.90 Å². The molecular weight excluding hydrogens is 421 g/mol. The Kier molecular flexibility index (Phi) is 6.99. The van der Waals surface area contributed by atoms with Crippen molar-refractivity contribution < 1.29 is 19.3 Å². The summed E-state index contributed by atoms with van der Waals surface area (Å²) in [6.07, 6.45) is 3.61. The normalized spacial score (nSPS) is 19.5. The maximum Gasteiger partial charge on any atom is 0.153 e. The number of likely N-dealkylation sites (tertiary alicyclic amines) is 1. The quantitative estimate of drug-likeness (QED) is 0.417. The second-order valence-corrected chi connectivity index (χ2v) is 8.60. The molecule has 1 fully saturated rings. The standard InChI is InChI=1S/C26H30FN3O3/c1-17-23-11-22(32)6-7-24(23)33-26(25(17)19-4-2-5-21(31)10-19)20(13-28)14-29-8-3-9-30-15-18(12-27)16-30/h2,4-7,10-11,13-14,18,26,31-32H,3,8-9,12,15-16,28H2,1H3/t26-/m0/s1. The number of aromatic hydroxyl groups is 2. The van der Waals surface area contributed by atoms with Gasteiger partial charge in [-0.25, -0.2) is 0 Å². The summed E-state index contributed by atoms with van der Waals surface area (Å²) >= 11 is 0. The number of phenolic OH excluding ortho intramolecular Hbond substituents is 2. The Balaban J connectivity index is 1.55. The molecule has 33 heavy (non-hydrogen) atoms. The van der Waals surface area contributed by atoms with Gasteiger partial charge in [0.05, 0.1) is 6.67 Å². The third-order valence-corrected chi connectivity index (χ3v) is 6.18. The van der Waals surface area contributed by atoms with Gasteiger partial charge in [-0.05, 0) is 61.4 Å². The van der Waals surface area contributed by atoms with Gasteiger partial charge in [-0.2, -0.15) is 0 Å². The van der Waals surface area contributed by atoms with Crippen LogP contribution in [0.3, 0.4) is 0 Å². The maximum absolute atomic E-state index is 12.6. The first kappa shape index (κ1) is 22.9. The van der Waals surface area contributed by atoms with Gasteiger partial charge in [0.25, 0.3) is 0 Å². The van der Waals surface area contributed by atoms with E-state index in [0.717, 1.165) is 48.3 Å². The number of benzene rings is 2. The molecule has 174 valence electrons. The number of aliphatic imine (C=N–C) groups is 1. The van der Waals surface area contributed by atoms with E-state index < -0.39 is 6.10 Å². The molecule has 1 atom stereocenters. The van der Waals surface area contributed by atoms with E-state index in [-0.39, 0.29) is 24.1 Å². The van der Waals surface area contributed by atoms with E-state index in [1.807, 2.05) is 13.0 Å². The molecule has 0 radical (unpaired) electrons. The van der Waals surface area contributed by atoms with Crippen molar-refractivity contribution in [1.29, 1.82) is 0 Å². The molecule has 1 saturated heterocycles. The van der Waals surface area contributed by atoms with Crippen LogP contribution in [0.25, 0.3) is 11.1 Å². The van der Waals surface area contributed by atoms with Gasteiger partial charge in [0.15, 0.2) is 6.10 Å². The highest BCUT2D eigenvalue weighted by atomic mass is 19.1. The van der Waals surface area contributed by atoms with Crippen LogP contribution in [0.5, 0.6) is 17.2 Å². The number of nitrogens with two attached hydrogens (primary N) is 1. The molecule has 2 heterocycles. The Morgan fingerprint density at radius 1 is 1.21 bits per heavy atom. The Bertz CT molecular complexity index is 1090. The number of nitrogens with zero attached hydrogens (tertiary/aromatic N) is 2. The number of rotatable bonds is 8. The van der Waals surface area contributed by atoms with Gasteiger partial charge in [-0.1, -0.05) is 12.1 Å². The summed E-state index contributed by atoms with van der Waals surface area (Å²) in [5.74, 6) is 1.15. The van der Waals surface area contributed by atoms with Gasteiger partial charge < -0.3 is 25.6 Å². The topological polar surface area (TPSA) is 91.3 Å². The number of ether oxygens (including phenoxy) is 1. The first-order valence-electron chi connectivity index (χ1n) is 11.2. The summed E-state index contributed by atoms with van der Waals surface area (Å²) in [7, 11) is 0. The van der Waals surface area contributed by atoms with Crippen LogP contribution in [0, 0.1) is 5.92 Å². The van der Waals surface area contributed by atoms with Gasteiger partial charge in [-0.3, -0.25) is 9.38 Å². The highest BCUT2D eigenvalue weighted by Gasteiger charge is 2.30. The second kappa shape index (κ2) is 10.1. The number of hydrogen-bond donors (Lipinski definition) is 3. The Morgan fingerprint density at radius 3 is 2.73 bits per heavy atom. The van der Waals surface area contributed by atoms with Gasteiger partial charge in [0.2, 0.25) is 0 Å². The van der Waals surface area contributed by atoms with Crippen molar-refractivity contribution in [3.05, 3.63) is 65.4 Å². The van der Waals surface area contributed by atoms with Crippen LogP contribution in [-0.4, -0.2) is 60.3 Å². The largest absolute Gasteiger partial charge is 0.508 e. The molecule has 7 heteroatoms. The number of fused-ring (bicyclic) bond motifs is 1. The summed E-state index contributed by atoms with van der Waals surface area (Å²) < 4.78 is 18.9. The minimum absolute atomic E-state index is 0.154. The predicted octanol–water partition coefficient (Wildman–Crippen LogP) is 3.99.